The minimum absolute atomic E-state index is 0.269. The van der Waals surface area contributed by atoms with E-state index in [9.17, 15) is 0 Å². The zero-order valence-corrected chi connectivity index (χ0v) is 12.7. The summed E-state index contributed by atoms with van der Waals surface area (Å²) < 4.78 is 5.67. The van der Waals surface area contributed by atoms with E-state index in [0.29, 0.717) is 6.04 Å². The van der Waals surface area contributed by atoms with Gasteiger partial charge in [0.05, 0.1) is 6.04 Å². The van der Waals surface area contributed by atoms with E-state index in [1.807, 2.05) is 0 Å². The van der Waals surface area contributed by atoms with Crippen LogP contribution in [0.15, 0.2) is 4.52 Å². The van der Waals surface area contributed by atoms with Gasteiger partial charge in [-0.2, -0.15) is 4.98 Å². The van der Waals surface area contributed by atoms with Crippen molar-refractivity contribution in [3.05, 3.63) is 11.7 Å². The molecule has 1 atom stereocenters. The molecule has 0 radical (unpaired) electrons. The third-order valence-electron chi connectivity index (χ3n) is 6.56. The van der Waals surface area contributed by atoms with E-state index in [-0.39, 0.29) is 5.41 Å². The average molecular weight is 287 g/mol. The number of hydrogen-bond donors (Lipinski definition) is 1. The lowest BCUT2D eigenvalue weighted by Gasteiger charge is -2.55. The maximum absolute atomic E-state index is 5.67. The van der Waals surface area contributed by atoms with Crippen LogP contribution in [0.2, 0.25) is 0 Å². The van der Waals surface area contributed by atoms with Crippen molar-refractivity contribution in [3.8, 4) is 0 Å². The zero-order valence-electron chi connectivity index (χ0n) is 12.7. The van der Waals surface area contributed by atoms with E-state index in [1.165, 1.54) is 51.4 Å². The number of rotatable bonds is 2. The van der Waals surface area contributed by atoms with Crippen molar-refractivity contribution in [2.45, 2.75) is 69.2 Å². The van der Waals surface area contributed by atoms with Gasteiger partial charge in [-0.1, -0.05) is 11.6 Å². The van der Waals surface area contributed by atoms with Gasteiger partial charge in [0.25, 0.3) is 0 Å². The van der Waals surface area contributed by atoms with E-state index in [1.54, 1.807) is 0 Å². The van der Waals surface area contributed by atoms with Crippen LogP contribution in [0.25, 0.3) is 0 Å². The molecule has 1 saturated heterocycles. The third-order valence-corrected chi connectivity index (χ3v) is 6.56. The first kappa shape index (κ1) is 12.6. The second-order valence-electron chi connectivity index (χ2n) is 8.16. The van der Waals surface area contributed by atoms with Crippen molar-refractivity contribution in [1.82, 2.24) is 15.5 Å². The Morgan fingerprint density at radius 1 is 1.00 bits per heavy atom. The summed E-state index contributed by atoms with van der Waals surface area (Å²) in [5, 5.41) is 7.98. The molecule has 6 rings (SSSR count). The Bertz CT molecular complexity index is 497. The molecule has 1 aromatic heterocycles. The van der Waals surface area contributed by atoms with Gasteiger partial charge in [-0.15, -0.1) is 0 Å². The Hall–Kier alpha value is -0.900. The Labute approximate surface area is 126 Å². The molecular weight excluding hydrogens is 262 g/mol. The van der Waals surface area contributed by atoms with Crippen LogP contribution in [0, 0.1) is 17.8 Å². The van der Waals surface area contributed by atoms with Crippen molar-refractivity contribution in [2.75, 3.05) is 6.54 Å². The predicted octanol–water partition coefficient (Wildman–Crippen LogP) is 3.35. The number of hydrogen-bond acceptors (Lipinski definition) is 4. The second-order valence-corrected chi connectivity index (χ2v) is 8.16. The summed E-state index contributed by atoms with van der Waals surface area (Å²) >= 11 is 0. The SMILES string of the molecule is C1CC[C@@H](c2nc(C34CC5CC(CC(C5)C3)C4)no2)NC1. The Morgan fingerprint density at radius 3 is 2.33 bits per heavy atom. The highest BCUT2D eigenvalue weighted by atomic mass is 16.5. The summed E-state index contributed by atoms with van der Waals surface area (Å²) in [5.41, 5.74) is 0.269. The minimum atomic E-state index is 0.269. The van der Waals surface area contributed by atoms with Gasteiger partial charge in [0.15, 0.2) is 5.82 Å². The van der Waals surface area contributed by atoms with Crippen LogP contribution < -0.4 is 5.32 Å². The Balaban J connectivity index is 1.44. The molecule has 4 aliphatic carbocycles. The first-order valence-corrected chi connectivity index (χ1v) is 8.88. The normalized spacial score (nSPS) is 45.1. The van der Waals surface area contributed by atoms with Crippen LogP contribution in [0.4, 0.5) is 0 Å². The molecule has 0 aromatic carbocycles. The molecule has 0 unspecified atom stereocenters. The van der Waals surface area contributed by atoms with Gasteiger partial charge in [-0.05, 0) is 75.7 Å². The van der Waals surface area contributed by atoms with Crippen molar-refractivity contribution < 1.29 is 4.52 Å². The third kappa shape index (κ3) is 1.98. The molecule has 0 amide bonds. The number of piperidine rings is 1. The fraction of sp³-hybridized carbons (Fsp3) is 0.882. The van der Waals surface area contributed by atoms with Crippen molar-refractivity contribution in [1.29, 1.82) is 0 Å². The highest BCUT2D eigenvalue weighted by Gasteiger charge is 2.53. The molecule has 4 bridgehead atoms. The highest BCUT2D eigenvalue weighted by molar-refractivity contribution is 5.17. The molecule has 114 valence electrons. The molecule has 4 saturated carbocycles. The summed E-state index contributed by atoms with van der Waals surface area (Å²) in [6.45, 7) is 1.08. The fourth-order valence-electron chi connectivity index (χ4n) is 6.04. The van der Waals surface area contributed by atoms with Gasteiger partial charge in [0.1, 0.15) is 0 Å². The molecule has 5 aliphatic rings. The Kier molecular flexibility index (Phi) is 2.73. The molecule has 2 heterocycles. The van der Waals surface area contributed by atoms with E-state index in [0.717, 1.165) is 42.4 Å². The van der Waals surface area contributed by atoms with E-state index in [2.05, 4.69) is 10.5 Å². The number of nitrogens with one attached hydrogen (secondary N) is 1. The van der Waals surface area contributed by atoms with Gasteiger partial charge < -0.3 is 9.84 Å². The fourth-order valence-corrected chi connectivity index (χ4v) is 6.04. The Morgan fingerprint density at radius 2 is 1.71 bits per heavy atom. The van der Waals surface area contributed by atoms with Gasteiger partial charge in [0.2, 0.25) is 5.89 Å². The van der Waals surface area contributed by atoms with Crippen LogP contribution in [0.3, 0.4) is 0 Å². The molecule has 1 N–H and O–H groups in total. The first-order valence-electron chi connectivity index (χ1n) is 8.88. The topological polar surface area (TPSA) is 51.0 Å². The van der Waals surface area contributed by atoms with Crippen LogP contribution in [-0.2, 0) is 5.41 Å². The van der Waals surface area contributed by atoms with Crippen LogP contribution in [-0.4, -0.2) is 16.7 Å². The standard InChI is InChI=1S/C17H25N3O/c1-2-4-18-14(3-1)15-19-16(20-21-15)17-8-11-5-12(9-17)7-13(6-11)10-17/h11-14,18H,1-10H2/t11?,12?,13?,14-,17?/m0/s1. The summed E-state index contributed by atoms with van der Waals surface area (Å²) in [7, 11) is 0. The van der Waals surface area contributed by atoms with Crippen molar-refractivity contribution >= 4 is 0 Å². The van der Waals surface area contributed by atoms with Crippen LogP contribution in [0.1, 0.15) is 75.5 Å². The van der Waals surface area contributed by atoms with E-state index in [4.69, 9.17) is 9.51 Å². The zero-order chi connectivity index (χ0) is 13.9. The van der Waals surface area contributed by atoms with Crippen LogP contribution >= 0.6 is 0 Å². The van der Waals surface area contributed by atoms with Gasteiger partial charge in [-0.25, -0.2) is 0 Å². The van der Waals surface area contributed by atoms with Crippen molar-refractivity contribution in [2.24, 2.45) is 17.8 Å². The van der Waals surface area contributed by atoms with Gasteiger partial charge >= 0.3 is 0 Å². The molecule has 4 heteroatoms. The second kappa shape index (κ2) is 4.55. The molecule has 4 nitrogen and oxygen atoms in total. The first-order chi connectivity index (χ1) is 10.3. The molecule has 1 aromatic rings. The number of aromatic nitrogens is 2. The summed E-state index contributed by atoms with van der Waals surface area (Å²) in [6, 6.07) is 0.300. The lowest BCUT2D eigenvalue weighted by Crippen LogP contribution is -2.49. The van der Waals surface area contributed by atoms with Crippen LogP contribution in [0.5, 0.6) is 0 Å². The molecule has 1 aliphatic heterocycles. The molecule has 0 spiro atoms. The highest BCUT2D eigenvalue weighted by Crippen LogP contribution is 2.60. The predicted molar refractivity (Wildman–Crippen MR) is 78.7 cm³/mol. The summed E-state index contributed by atoms with van der Waals surface area (Å²) in [5.74, 6) is 4.70. The molecule has 5 fully saturated rings. The number of nitrogens with zero attached hydrogens (tertiary/aromatic N) is 2. The summed E-state index contributed by atoms with van der Waals surface area (Å²) in [4.78, 5) is 4.88. The largest absolute Gasteiger partial charge is 0.338 e. The smallest absolute Gasteiger partial charge is 0.243 e. The molecule has 21 heavy (non-hydrogen) atoms. The van der Waals surface area contributed by atoms with E-state index < -0.39 is 0 Å². The maximum Gasteiger partial charge on any atom is 0.243 e. The minimum Gasteiger partial charge on any atom is -0.338 e. The average Bonchev–Trinajstić information content (AvgIpc) is 2.97. The monoisotopic (exact) mass is 287 g/mol. The lowest BCUT2D eigenvalue weighted by molar-refractivity contribution is -0.0103. The van der Waals surface area contributed by atoms with Gasteiger partial charge in [-0.3, -0.25) is 0 Å². The maximum atomic E-state index is 5.67. The van der Waals surface area contributed by atoms with E-state index >= 15 is 0 Å². The summed E-state index contributed by atoms with van der Waals surface area (Å²) in [6.07, 6.45) is 12.0. The van der Waals surface area contributed by atoms with Crippen molar-refractivity contribution in [3.63, 3.8) is 0 Å². The molecular formula is C17H25N3O. The van der Waals surface area contributed by atoms with Gasteiger partial charge in [0, 0.05) is 5.41 Å². The quantitative estimate of drug-likeness (QED) is 0.906. The lowest BCUT2D eigenvalue weighted by atomic mass is 9.49.